The number of hydrogen-bond donors (Lipinski definition) is 2. The molecule has 0 unspecified atom stereocenters. The summed E-state index contributed by atoms with van der Waals surface area (Å²) in [6, 6.07) is 0. The molecule has 0 aliphatic rings. The van der Waals surface area contributed by atoms with Crippen molar-refractivity contribution in [2.75, 3.05) is 0 Å². The molecular formula is C17H32N4O2. The number of nitrogens with one attached hydrogen (secondary N) is 2. The second-order valence-corrected chi connectivity index (χ2v) is 5.82. The van der Waals surface area contributed by atoms with E-state index in [9.17, 15) is 9.59 Å². The number of carbonyl (C=O) groups is 2. The van der Waals surface area contributed by atoms with Crippen molar-refractivity contribution >= 4 is 23.2 Å². The van der Waals surface area contributed by atoms with Crippen LogP contribution in [0.25, 0.3) is 0 Å². The molecule has 0 radical (unpaired) electrons. The molecule has 0 aromatic carbocycles. The number of carbonyl (C=O) groups excluding carboxylic acids is 2. The van der Waals surface area contributed by atoms with Crippen LogP contribution >= 0.6 is 0 Å². The van der Waals surface area contributed by atoms with Crippen LogP contribution in [0.5, 0.6) is 0 Å². The average molecular weight is 324 g/mol. The standard InChI is InChI=1S/C17H32N4O2/c1-5-10-14(3)18-20-16(22)12-8-7-9-13-17(23)21-19-15(4)11-6-2/h5-13H2,1-4H3,(H,20,22)(H,21,23). The summed E-state index contributed by atoms with van der Waals surface area (Å²) in [6.45, 7) is 7.97. The fraction of sp³-hybridized carbons (Fsp3) is 0.765. The van der Waals surface area contributed by atoms with E-state index in [1.165, 1.54) is 0 Å². The van der Waals surface area contributed by atoms with Gasteiger partial charge in [0, 0.05) is 24.3 Å². The number of unbranched alkanes of at least 4 members (excludes halogenated alkanes) is 2. The highest BCUT2D eigenvalue weighted by Gasteiger charge is 2.03. The largest absolute Gasteiger partial charge is 0.273 e. The molecule has 0 aromatic heterocycles. The minimum absolute atomic E-state index is 0.0651. The van der Waals surface area contributed by atoms with Gasteiger partial charge in [-0.05, 0) is 39.5 Å². The zero-order valence-electron chi connectivity index (χ0n) is 15.1. The first kappa shape index (κ1) is 21.3. The number of hydrogen-bond acceptors (Lipinski definition) is 4. The van der Waals surface area contributed by atoms with Gasteiger partial charge < -0.3 is 0 Å². The lowest BCUT2D eigenvalue weighted by Crippen LogP contribution is -2.19. The predicted octanol–water partition coefficient (Wildman–Crippen LogP) is 3.52. The predicted molar refractivity (Wildman–Crippen MR) is 95.4 cm³/mol. The summed E-state index contributed by atoms with van der Waals surface area (Å²) in [5.74, 6) is -0.130. The Hall–Kier alpha value is -1.72. The Morgan fingerprint density at radius 2 is 1.09 bits per heavy atom. The Morgan fingerprint density at radius 1 is 0.696 bits per heavy atom. The quantitative estimate of drug-likeness (QED) is 0.327. The zero-order chi connectivity index (χ0) is 17.5. The molecule has 0 bridgehead atoms. The van der Waals surface area contributed by atoms with Crippen LogP contribution in [0, 0.1) is 0 Å². The first-order valence-corrected chi connectivity index (χ1v) is 8.63. The molecule has 0 saturated heterocycles. The lowest BCUT2D eigenvalue weighted by Gasteiger charge is -2.03. The summed E-state index contributed by atoms with van der Waals surface area (Å²) in [5, 5.41) is 8.07. The molecule has 132 valence electrons. The number of amides is 2. The summed E-state index contributed by atoms with van der Waals surface area (Å²) >= 11 is 0. The summed E-state index contributed by atoms with van der Waals surface area (Å²) in [5.41, 5.74) is 7.01. The van der Waals surface area contributed by atoms with Crippen molar-refractivity contribution in [3.8, 4) is 0 Å². The summed E-state index contributed by atoms with van der Waals surface area (Å²) < 4.78 is 0. The molecule has 0 atom stereocenters. The Labute approximate surface area is 140 Å². The maximum atomic E-state index is 11.6. The molecule has 0 spiro atoms. The fourth-order valence-electron chi connectivity index (χ4n) is 2.01. The van der Waals surface area contributed by atoms with Crippen molar-refractivity contribution in [3.63, 3.8) is 0 Å². The van der Waals surface area contributed by atoms with Crippen LogP contribution in [0.15, 0.2) is 10.2 Å². The molecular weight excluding hydrogens is 292 g/mol. The third-order valence-corrected chi connectivity index (χ3v) is 3.27. The Bertz CT molecular complexity index is 379. The van der Waals surface area contributed by atoms with Crippen molar-refractivity contribution < 1.29 is 9.59 Å². The monoisotopic (exact) mass is 324 g/mol. The van der Waals surface area contributed by atoms with Crippen LogP contribution in [0.2, 0.25) is 0 Å². The minimum atomic E-state index is -0.0651. The van der Waals surface area contributed by atoms with Gasteiger partial charge in [0.25, 0.3) is 0 Å². The summed E-state index contributed by atoms with van der Waals surface area (Å²) in [6.07, 6.45) is 7.10. The third kappa shape index (κ3) is 13.7. The van der Waals surface area contributed by atoms with Gasteiger partial charge in [0.2, 0.25) is 11.8 Å². The van der Waals surface area contributed by atoms with Crippen LogP contribution in [0.1, 0.15) is 85.5 Å². The van der Waals surface area contributed by atoms with Crippen molar-refractivity contribution in [2.24, 2.45) is 10.2 Å². The summed E-state index contributed by atoms with van der Waals surface area (Å²) in [4.78, 5) is 23.1. The second kappa shape index (κ2) is 13.9. The normalized spacial score (nSPS) is 12.2. The van der Waals surface area contributed by atoms with Gasteiger partial charge in [0.15, 0.2) is 0 Å². The highest BCUT2D eigenvalue weighted by Crippen LogP contribution is 2.03. The highest BCUT2D eigenvalue weighted by molar-refractivity contribution is 5.84. The van der Waals surface area contributed by atoms with E-state index in [4.69, 9.17) is 0 Å². The van der Waals surface area contributed by atoms with Crippen molar-refractivity contribution in [3.05, 3.63) is 0 Å². The molecule has 2 N–H and O–H groups in total. The minimum Gasteiger partial charge on any atom is -0.273 e. The lowest BCUT2D eigenvalue weighted by molar-refractivity contribution is -0.121. The molecule has 0 fully saturated rings. The fourth-order valence-corrected chi connectivity index (χ4v) is 2.01. The molecule has 0 aliphatic carbocycles. The Kier molecular flexibility index (Phi) is 12.9. The topological polar surface area (TPSA) is 82.9 Å². The van der Waals surface area contributed by atoms with Gasteiger partial charge >= 0.3 is 0 Å². The van der Waals surface area contributed by atoms with Gasteiger partial charge in [0.05, 0.1) is 0 Å². The van der Waals surface area contributed by atoms with Crippen molar-refractivity contribution in [1.29, 1.82) is 0 Å². The third-order valence-electron chi connectivity index (χ3n) is 3.27. The van der Waals surface area contributed by atoms with Gasteiger partial charge in [-0.25, -0.2) is 10.9 Å². The van der Waals surface area contributed by atoms with E-state index in [2.05, 4.69) is 34.9 Å². The van der Waals surface area contributed by atoms with E-state index >= 15 is 0 Å². The maximum Gasteiger partial charge on any atom is 0.240 e. The van der Waals surface area contributed by atoms with E-state index in [0.717, 1.165) is 56.4 Å². The van der Waals surface area contributed by atoms with Crippen LogP contribution in [0.4, 0.5) is 0 Å². The van der Waals surface area contributed by atoms with E-state index in [1.807, 2.05) is 13.8 Å². The van der Waals surface area contributed by atoms with Gasteiger partial charge in [-0.2, -0.15) is 10.2 Å². The van der Waals surface area contributed by atoms with Gasteiger partial charge in [-0.3, -0.25) is 9.59 Å². The van der Waals surface area contributed by atoms with Crippen LogP contribution in [-0.2, 0) is 9.59 Å². The molecule has 23 heavy (non-hydrogen) atoms. The van der Waals surface area contributed by atoms with Crippen LogP contribution in [0.3, 0.4) is 0 Å². The molecule has 0 aliphatic heterocycles. The van der Waals surface area contributed by atoms with Crippen LogP contribution in [-0.4, -0.2) is 23.2 Å². The molecule has 0 saturated carbocycles. The highest BCUT2D eigenvalue weighted by atomic mass is 16.2. The van der Waals surface area contributed by atoms with E-state index in [-0.39, 0.29) is 11.8 Å². The molecule has 0 heterocycles. The van der Waals surface area contributed by atoms with E-state index in [1.54, 1.807) is 0 Å². The van der Waals surface area contributed by atoms with Crippen LogP contribution < -0.4 is 10.9 Å². The second-order valence-electron chi connectivity index (χ2n) is 5.82. The SMILES string of the molecule is CCCC(C)=NNC(=O)CCCCCC(=O)NN=C(C)CCC. The Morgan fingerprint density at radius 3 is 1.43 bits per heavy atom. The van der Waals surface area contributed by atoms with Gasteiger partial charge in [0.1, 0.15) is 0 Å². The number of rotatable bonds is 12. The molecule has 0 rings (SSSR count). The van der Waals surface area contributed by atoms with Gasteiger partial charge in [-0.1, -0.05) is 33.1 Å². The molecule has 2 amide bonds. The van der Waals surface area contributed by atoms with Gasteiger partial charge in [-0.15, -0.1) is 0 Å². The smallest absolute Gasteiger partial charge is 0.240 e. The number of nitrogens with zero attached hydrogens (tertiary/aromatic N) is 2. The average Bonchev–Trinajstić information content (AvgIpc) is 2.51. The molecule has 6 nitrogen and oxygen atoms in total. The molecule has 0 aromatic rings. The zero-order valence-corrected chi connectivity index (χ0v) is 15.1. The summed E-state index contributed by atoms with van der Waals surface area (Å²) in [7, 11) is 0. The Balaban J connectivity index is 3.68. The van der Waals surface area contributed by atoms with Crippen molar-refractivity contribution in [2.45, 2.75) is 85.5 Å². The van der Waals surface area contributed by atoms with E-state index in [0.29, 0.717) is 12.8 Å². The number of hydrazone groups is 2. The lowest BCUT2D eigenvalue weighted by atomic mass is 10.1. The first-order chi connectivity index (χ1) is 11.0. The van der Waals surface area contributed by atoms with E-state index < -0.39 is 0 Å². The maximum absolute atomic E-state index is 11.6. The first-order valence-electron chi connectivity index (χ1n) is 8.63. The molecule has 6 heteroatoms. The van der Waals surface area contributed by atoms with Crippen molar-refractivity contribution in [1.82, 2.24) is 10.9 Å².